The van der Waals surface area contributed by atoms with Crippen molar-refractivity contribution in [1.29, 1.82) is 0 Å². The molecule has 0 aromatic rings. The fraction of sp³-hybridized carbons (Fsp3) is 0.727. The number of nitrogens with one attached hydrogen (secondary N) is 1. The molecule has 0 radical (unpaired) electrons. The van der Waals surface area contributed by atoms with E-state index < -0.39 is 12.0 Å². The number of aliphatic carboxylic acids is 1. The molecule has 1 unspecified atom stereocenters. The van der Waals surface area contributed by atoms with E-state index >= 15 is 0 Å². The van der Waals surface area contributed by atoms with E-state index in [9.17, 15) is 14.4 Å². The van der Waals surface area contributed by atoms with Crippen LogP contribution in [0.5, 0.6) is 0 Å². The van der Waals surface area contributed by atoms with Gasteiger partial charge in [-0.1, -0.05) is 0 Å². The number of carbonyl (C=O) groups excluding carboxylic acids is 2. The van der Waals surface area contributed by atoms with E-state index in [1.54, 1.807) is 11.9 Å². The summed E-state index contributed by atoms with van der Waals surface area (Å²) in [4.78, 5) is 35.0. The summed E-state index contributed by atoms with van der Waals surface area (Å²) >= 11 is 1.23. The summed E-state index contributed by atoms with van der Waals surface area (Å²) in [7, 11) is 1.77. The van der Waals surface area contributed by atoms with Gasteiger partial charge in [0.15, 0.2) is 0 Å². The molecule has 18 heavy (non-hydrogen) atoms. The third kappa shape index (κ3) is 4.95. The Balaban J connectivity index is 2.27. The summed E-state index contributed by atoms with van der Waals surface area (Å²) in [6.45, 7) is 1.27. The van der Waals surface area contributed by atoms with E-state index in [1.807, 2.05) is 0 Å². The smallest absolute Gasteiger partial charge is 0.327 e. The molecular weight excluding hydrogens is 256 g/mol. The molecule has 0 heterocycles. The number of rotatable bonds is 7. The Labute approximate surface area is 110 Å². The summed E-state index contributed by atoms with van der Waals surface area (Å²) in [6.07, 6.45) is 2.10. The standard InChI is InChI=1S/C11H18N2O4S/c1-7(14)12-9(11(16)17)5-18-6-10(15)13(2)8-3-4-8/h8-9H,3-6H2,1-2H3,(H,12,14)(H,16,17). The molecule has 1 saturated carbocycles. The number of hydrogen-bond donors (Lipinski definition) is 2. The first-order chi connectivity index (χ1) is 8.41. The molecule has 1 atom stereocenters. The summed E-state index contributed by atoms with van der Waals surface area (Å²) < 4.78 is 0. The van der Waals surface area contributed by atoms with Gasteiger partial charge in [-0.15, -0.1) is 11.8 Å². The highest BCUT2D eigenvalue weighted by Crippen LogP contribution is 2.25. The Morgan fingerprint density at radius 2 is 2.06 bits per heavy atom. The maximum atomic E-state index is 11.7. The average Bonchev–Trinajstić information content (AvgIpc) is 3.09. The van der Waals surface area contributed by atoms with Crippen LogP contribution in [-0.2, 0) is 14.4 Å². The Hall–Kier alpha value is -1.24. The number of hydrogen-bond acceptors (Lipinski definition) is 4. The van der Waals surface area contributed by atoms with Gasteiger partial charge < -0.3 is 15.3 Å². The molecule has 0 aromatic heterocycles. The number of carboxylic acid groups (broad SMARTS) is 1. The van der Waals surface area contributed by atoms with Gasteiger partial charge >= 0.3 is 5.97 Å². The molecule has 0 spiro atoms. The van der Waals surface area contributed by atoms with Gasteiger partial charge in [0, 0.05) is 25.8 Å². The summed E-state index contributed by atoms with van der Waals surface area (Å²) in [5.41, 5.74) is 0. The Kier molecular flexibility index (Phi) is 5.46. The summed E-state index contributed by atoms with van der Waals surface area (Å²) in [5.74, 6) is -1.02. The van der Waals surface area contributed by atoms with Gasteiger partial charge in [-0.2, -0.15) is 0 Å². The molecule has 2 N–H and O–H groups in total. The molecule has 1 fully saturated rings. The van der Waals surface area contributed by atoms with Crippen LogP contribution in [0.15, 0.2) is 0 Å². The molecule has 6 nitrogen and oxygen atoms in total. The highest BCUT2D eigenvalue weighted by atomic mass is 32.2. The minimum absolute atomic E-state index is 0.00876. The molecule has 1 aliphatic carbocycles. The quantitative estimate of drug-likeness (QED) is 0.678. The highest BCUT2D eigenvalue weighted by molar-refractivity contribution is 8.00. The average molecular weight is 274 g/mol. The third-order valence-corrected chi connectivity index (χ3v) is 3.69. The third-order valence-electron chi connectivity index (χ3n) is 2.67. The van der Waals surface area contributed by atoms with Crippen LogP contribution in [0.1, 0.15) is 19.8 Å². The normalized spacial score (nSPS) is 15.9. The zero-order chi connectivity index (χ0) is 13.7. The number of carbonyl (C=O) groups is 3. The maximum absolute atomic E-state index is 11.7. The van der Waals surface area contributed by atoms with Crippen molar-refractivity contribution in [1.82, 2.24) is 10.2 Å². The lowest BCUT2D eigenvalue weighted by molar-refractivity contribution is -0.140. The number of thioether (sulfide) groups is 1. The number of amides is 2. The number of carboxylic acids is 1. The Morgan fingerprint density at radius 3 is 2.50 bits per heavy atom. The van der Waals surface area contributed by atoms with Crippen molar-refractivity contribution in [2.75, 3.05) is 18.6 Å². The van der Waals surface area contributed by atoms with Crippen LogP contribution >= 0.6 is 11.8 Å². The van der Waals surface area contributed by atoms with Gasteiger partial charge in [0.2, 0.25) is 11.8 Å². The minimum atomic E-state index is -1.08. The van der Waals surface area contributed by atoms with Crippen molar-refractivity contribution in [2.24, 2.45) is 0 Å². The molecule has 0 bridgehead atoms. The van der Waals surface area contributed by atoms with Crippen LogP contribution in [0, 0.1) is 0 Å². The Bertz CT molecular complexity index is 344. The summed E-state index contributed by atoms with van der Waals surface area (Å²) in [6, 6.07) is -0.574. The van der Waals surface area contributed by atoms with Crippen LogP contribution in [-0.4, -0.2) is 58.4 Å². The molecule has 0 aromatic carbocycles. The van der Waals surface area contributed by atoms with Crippen LogP contribution in [0.4, 0.5) is 0 Å². The second-order valence-electron chi connectivity index (χ2n) is 4.34. The van der Waals surface area contributed by atoms with E-state index in [2.05, 4.69) is 5.32 Å². The van der Waals surface area contributed by atoms with Gasteiger partial charge in [-0.25, -0.2) is 4.79 Å². The zero-order valence-electron chi connectivity index (χ0n) is 10.5. The first-order valence-electron chi connectivity index (χ1n) is 5.75. The molecule has 0 saturated heterocycles. The van der Waals surface area contributed by atoms with E-state index in [-0.39, 0.29) is 23.3 Å². The van der Waals surface area contributed by atoms with Gasteiger partial charge in [-0.05, 0) is 12.8 Å². The molecule has 1 rings (SSSR count). The lowest BCUT2D eigenvalue weighted by Gasteiger charge is -2.17. The van der Waals surface area contributed by atoms with Crippen LogP contribution < -0.4 is 5.32 Å². The highest BCUT2D eigenvalue weighted by Gasteiger charge is 2.29. The minimum Gasteiger partial charge on any atom is -0.480 e. The van der Waals surface area contributed by atoms with Crippen molar-refractivity contribution in [2.45, 2.75) is 31.8 Å². The van der Waals surface area contributed by atoms with Gasteiger partial charge in [0.05, 0.1) is 5.75 Å². The second-order valence-corrected chi connectivity index (χ2v) is 5.37. The fourth-order valence-corrected chi connectivity index (χ4v) is 2.41. The fourth-order valence-electron chi connectivity index (χ4n) is 1.45. The van der Waals surface area contributed by atoms with Crippen molar-refractivity contribution < 1.29 is 19.5 Å². The van der Waals surface area contributed by atoms with E-state index in [4.69, 9.17) is 5.11 Å². The van der Waals surface area contributed by atoms with E-state index in [0.717, 1.165) is 12.8 Å². The largest absolute Gasteiger partial charge is 0.480 e. The molecular formula is C11H18N2O4S. The molecule has 7 heteroatoms. The maximum Gasteiger partial charge on any atom is 0.327 e. The zero-order valence-corrected chi connectivity index (χ0v) is 11.3. The topological polar surface area (TPSA) is 86.7 Å². The predicted octanol–water partition coefficient (Wildman–Crippen LogP) is -0.0703. The first-order valence-corrected chi connectivity index (χ1v) is 6.90. The van der Waals surface area contributed by atoms with Crippen LogP contribution in [0.3, 0.4) is 0 Å². The van der Waals surface area contributed by atoms with Crippen LogP contribution in [0.2, 0.25) is 0 Å². The Morgan fingerprint density at radius 1 is 1.44 bits per heavy atom. The summed E-state index contributed by atoms with van der Waals surface area (Å²) in [5, 5.41) is 11.2. The van der Waals surface area contributed by atoms with Gasteiger partial charge in [0.25, 0.3) is 0 Å². The van der Waals surface area contributed by atoms with Crippen molar-refractivity contribution in [3.05, 3.63) is 0 Å². The number of nitrogens with zero attached hydrogens (tertiary/aromatic N) is 1. The molecule has 102 valence electrons. The predicted molar refractivity (Wildman–Crippen MR) is 68.4 cm³/mol. The van der Waals surface area contributed by atoms with Gasteiger partial charge in [0.1, 0.15) is 6.04 Å². The van der Waals surface area contributed by atoms with E-state index in [1.165, 1.54) is 18.7 Å². The second kappa shape index (κ2) is 6.63. The molecule has 0 aliphatic heterocycles. The van der Waals surface area contributed by atoms with E-state index in [0.29, 0.717) is 6.04 Å². The van der Waals surface area contributed by atoms with Crippen molar-refractivity contribution in [3.63, 3.8) is 0 Å². The molecule has 1 aliphatic rings. The van der Waals surface area contributed by atoms with Crippen LogP contribution in [0.25, 0.3) is 0 Å². The molecule has 2 amide bonds. The van der Waals surface area contributed by atoms with Gasteiger partial charge in [-0.3, -0.25) is 9.59 Å². The monoisotopic (exact) mass is 274 g/mol. The lowest BCUT2D eigenvalue weighted by atomic mass is 10.3. The van der Waals surface area contributed by atoms with Crippen molar-refractivity contribution in [3.8, 4) is 0 Å². The van der Waals surface area contributed by atoms with Crippen molar-refractivity contribution >= 4 is 29.5 Å². The SMILES string of the molecule is CC(=O)NC(CSCC(=O)N(C)C1CC1)C(=O)O. The first kappa shape index (κ1) is 14.8. The lowest BCUT2D eigenvalue weighted by Crippen LogP contribution is -2.41.